The van der Waals surface area contributed by atoms with Gasteiger partial charge in [-0.05, 0) is 35.9 Å². The Hall–Kier alpha value is -3.06. The highest BCUT2D eigenvalue weighted by atomic mass is 32.1. The summed E-state index contributed by atoms with van der Waals surface area (Å²) in [6.07, 6.45) is 2.81. The van der Waals surface area contributed by atoms with Gasteiger partial charge in [-0.1, -0.05) is 24.3 Å². The highest BCUT2D eigenvalue weighted by molar-refractivity contribution is 7.19. The highest BCUT2D eigenvalue weighted by Gasteiger charge is 2.12. The van der Waals surface area contributed by atoms with Crippen molar-refractivity contribution in [1.29, 1.82) is 0 Å². The number of rotatable bonds is 6. The lowest BCUT2D eigenvalue weighted by Gasteiger charge is -2.17. The zero-order valence-corrected chi connectivity index (χ0v) is 15.4. The van der Waals surface area contributed by atoms with Crippen molar-refractivity contribution in [3.8, 4) is 0 Å². The summed E-state index contributed by atoms with van der Waals surface area (Å²) < 4.78 is 19.2. The van der Waals surface area contributed by atoms with Crippen LogP contribution in [0.3, 0.4) is 0 Å². The van der Waals surface area contributed by atoms with E-state index < -0.39 is 5.97 Å². The van der Waals surface area contributed by atoms with Crippen LogP contribution in [0.5, 0.6) is 0 Å². The van der Waals surface area contributed by atoms with Crippen LogP contribution in [0.2, 0.25) is 0 Å². The van der Waals surface area contributed by atoms with Crippen molar-refractivity contribution in [1.82, 2.24) is 9.88 Å². The zero-order chi connectivity index (χ0) is 19.2. The molecule has 27 heavy (non-hydrogen) atoms. The molecule has 0 spiro atoms. The van der Waals surface area contributed by atoms with E-state index >= 15 is 0 Å². The predicted octanol–water partition coefficient (Wildman–Crippen LogP) is 3.65. The first-order valence-electron chi connectivity index (χ1n) is 8.20. The lowest BCUT2D eigenvalue weighted by atomic mass is 10.2. The van der Waals surface area contributed by atoms with Crippen molar-refractivity contribution in [2.45, 2.75) is 6.54 Å². The van der Waals surface area contributed by atoms with Crippen LogP contribution in [0.1, 0.15) is 10.6 Å². The normalized spacial score (nSPS) is 11.0. The van der Waals surface area contributed by atoms with Gasteiger partial charge in [0.25, 0.3) is 5.91 Å². The van der Waals surface area contributed by atoms with Gasteiger partial charge in [-0.2, -0.15) is 0 Å². The Bertz CT molecular complexity index is 967. The van der Waals surface area contributed by atoms with Crippen molar-refractivity contribution in [2.75, 3.05) is 13.7 Å². The van der Waals surface area contributed by atoms with Gasteiger partial charge in [-0.25, -0.2) is 14.2 Å². The van der Waals surface area contributed by atoms with Crippen molar-refractivity contribution in [3.63, 3.8) is 0 Å². The van der Waals surface area contributed by atoms with Gasteiger partial charge in [-0.3, -0.25) is 4.79 Å². The van der Waals surface area contributed by atoms with E-state index in [9.17, 15) is 14.0 Å². The van der Waals surface area contributed by atoms with Crippen molar-refractivity contribution in [2.24, 2.45) is 0 Å². The molecule has 0 N–H and O–H groups in total. The van der Waals surface area contributed by atoms with E-state index in [1.54, 1.807) is 25.3 Å². The summed E-state index contributed by atoms with van der Waals surface area (Å²) in [6.45, 7) is -0.148. The molecule has 0 atom stereocenters. The number of hydrogen-bond donors (Lipinski definition) is 0. The summed E-state index contributed by atoms with van der Waals surface area (Å²) in [5.74, 6) is -1.36. The van der Waals surface area contributed by atoms with Crippen LogP contribution in [0, 0.1) is 5.82 Å². The maximum Gasteiger partial charge on any atom is 0.331 e. The Labute approximate surface area is 159 Å². The highest BCUT2D eigenvalue weighted by Crippen LogP contribution is 2.22. The number of nitrogens with zero attached hydrogens (tertiary/aromatic N) is 2. The molecular weight excluding hydrogens is 367 g/mol. The number of amides is 1. The molecule has 0 aliphatic rings. The number of para-hydroxylation sites is 1. The number of aromatic nitrogens is 1. The van der Waals surface area contributed by atoms with Gasteiger partial charge >= 0.3 is 5.97 Å². The molecule has 0 saturated carbocycles. The fourth-order valence-electron chi connectivity index (χ4n) is 2.39. The second-order valence-electron chi connectivity index (χ2n) is 5.84. The third-order valence-corrected chi connectivity index (χ3v) is 4.75. The largest absolute Gasteiger partial charge is 0.452 e. The number of halogens is 1. The minimum atomic E-state index is -0.623. The fourth-order valence-corrected chi connectivity index (χ4v) is 3.26. The molecule has 2 aromatic carbocycles. The van der Waals surface area contributed by atoms with Crippen LogP contribution in [0.15, 0.2) is 54.6 Å². The summed E-state index contributed by atoms with van der Waals surface area (Å²) in [5, 5.41) is 0.683. The van der Waals surface area contributed by atoms with Gasteiger partial charge in [0.15, 0.2) is 6.61 Å². The fraction of sp³-hybridized carbons (Fsp3) is 0.150. The average molecular weight is 384 g/mol. The van der Waals surface area contributed by atoms with Crippen molar-refractivity contribution in [3.05, 3.63) is 71.0 Å². The van der Waals surface area contributed by atoms with Gasteiger partial charge in [0.2, 0.25) is 0 Å². The van der Waals surface area contributed by atoms with Gasteiger partial charge in [0, 0.05) is 19.7 Å². The lowest BCUT2D eigenvalue weighted by molar-refractivity contribution is -0.147. The zero-order valence-electron chi connectivity index (χ0n) is 14.6. The minimum absolute atomic E-state index is 0.232. The van der Waals surface area contributed by atoms with E-state index in [-0.39, 0.29) is 24.9 Å². The van der Waals surface area contributed by atoms with Crippen LogP contribution >= 0.6 is 11.3 Å². The molecule has 0 bridgehead atoms. The van der Waals surface area contributed by atoms with Gasteiger partial charge in [0.05, 0.1) is 10.2 Å². The molecule has 5 nitrogen and oxygen atoms in total. The topological polar surface area (TPSA) is 59.5 Å². The predicted molar refractivity (Wildman–Crippen MR) is 102 cm³/mol. The summed E-state index contributed by atoms with van der Waals surface area (Å²) in [5.41, 5.74) is 1.53. The molecule has 0 fully saturated rings. The molecule has 1 amide bonds. The molecule has 1 aromatic heterocycles. The van der Waals surface area contributed by atoms with E-state index in [2.05, 4.69) is 4.98 Å². The molecule has 138 valence electrons. The number of thiazole rings is 1. The summed E-state index contributed by atoms with van der Waals surface area (Å²) in [6, 6.07) is 13.7. The number of carbonyl (C=O) groups is 2. The molecule has 0 radical (unpaired) electrons. The van der Waals surface area contributed by atoms with E-state index in [0.717, 1.165) is 10.2 Å². The number of benzene rings is 2. The Kier molecular flexibility index (Phi) is 5.93. The molecule has 3 aromatic rings. The molecule has 0 aliphatic carbocycles. The van der Waals surface area contributed by atoms with E-state index in [1.807, 2.05) is 24.3 Å². The number of carbonyl (C=O) groups excluding carboxylic acids is 2. The molecule has 0 aliphatic heterocycles. The minimum Gasteiger partial charge on any atom is -0.452 e. The molecule has 1 heterocycles. The Balaban J connectivity index is 1.49. The lowest BCUT2D eigenvalue weighted by Crippen LogP contribution is -2.30. The number of likely N-dealkylation sites (N-methyl/N-ethyl adjacent to an activating group) is 1. The number of fused-ring (bicyclic) bond motifs is 1. The summed E-state index contributed by atoms with van der Waals surface area (Å²) >= 11 is 1.46. The van der Waals surface area contributed by atoms with E-state index in [4.69, 9.17) is 4.74 Å². The first-order valence-corrected chi connectivity index (χ1v) is 9.02. The third-order valence-electron chi connectivity index (χ3n) is 3.74. The smallest absolute Gasteiger partial charge is 0.331 e. The number of hydrogen-bond acceptors (Lipinski definition) is 5. The summed E-state index contributed by atoms with van der Waals surface area (Å²) in [7, 11) is 1.57. The summed E-state index contributed by atoms with van der Waals surface area (Å²) in [4.78, 5) is 29.6. The second kappa shape index (κ2) is 8.55. The van der Waals surface area contributed by atoms with Crippen molar-refractivity contribution < 1.29 is 18.7 Å². The van der Waals surface area contributed by atoms with Crippen LogP contribution in [-0.2, 0) is 20.9 Å². The molecule has 3 rings (SSSR count). The van der Waals surface area contributed by atoms with Crippen LogP contribution in [0.4, 0.5) is 4.39 Å². The maximum absolute atomic E-state index is 13.2. The standard InChI is InChI=1S/C20H17FN2O3S/c1-23(12-14-5-4-6-15(21)11-14)19(24)13-26-20(25)10-9-18-22-16-7-2-3-8-17(16)27-18/h2-11H,12-13H2,1H3/b10-9+. The van der Waals surface area contributed by atoms with Gasteiger partial charge < -0.3 is 9.64 Å². The van der Waals surface area contributed by atoms with Crippen LogP contribution < -0.4 is 0 Å². The Morgan fingerprint density at radius 3 is 2.81 bits per heavy atom. The Morgan fingerprint density at radius 1 is 1.22 bits per heavy atom. The van der Waals surface area contributed by atoms with Crippen molar-refractivity contribution >= 4 is 39.5 Å². The molecule has 0 saturated heterocycles. The first-order chi connectivity index (χ1) is 13.0. The van der Waals surface area contributed by atoms with Gasteiger partial charge in [0.1, 0.15) is 10.8 Å². The number of ether oxygens (including phenoxy) is 1. The van der Waals surface area contributed by atoms with E-state index in [0.29, 0.717) is 10.6 Å². The SMILES string of the molecule is CN(Cc1cccc(F)c1)C(=O)COC(=O)/C=C/c1nc2ccccc2s1. The monoisotopic (exact) mass is 384 g/mol. The molecule has 0 unspecified atom stereocenters. The van der Waals surface area contributed by atoms with E-state index in [1.165, 1.54) is 34.4 Å². The quantitative estimate of drug-likeness (QED) is 0.481. The van der Waals surface area contributed by atoms with Crippen LogP contribution in [0.25, 0.3) is 16.3 Å². The molecule has 7 heteroatoms. The first kappa shape index (κ1) is 18.7. The van der Waals surface area contributed by atoms with Gasteiger partial charge in [-0.15, -0.1) is 11.3 Å². The average Bonchev–Trinajstić information content (AvgIpc) is 3.07. The van der Waals surface area contributed by atoms with Crippen LogP contribution in [-0.4, -0.2) is 35.4 Å². The molecular formula is C20H17FN2O3S. The maximum atomic E-state index is 13.2. The Morgan fingerprint density at radius 2 is 2.04 bits per heavy atom. The number of esters is 1. The second-order valence-corrected chi connectivity index (χ2v) is 6.90. The third kappa shape index (κ3) is 5.21.